The van der Waals surface area contributed by atoms with Crippen molar-refractivity contribution in [2.75, 3.05) is 5.32 Å². The molecule has 0 fully saturated rings. The zero-order valence-corrected chi connectivity index (χ0v) is 16.8. The minimum absolute atomic E-state index is 0.0329. The predicted octanol–water partition coefficient (Wildman–Crippen LogP) is 3.37. The summed E-state index contributed by atoms with van der Waals surface area (Å²) in [5.74, 6) is -0.00441. The van der Waals surface area contributed by atoms with E-state index in [1.807, 2.05) is 42.5 Å². The number of aromatic nitrogens is 2. The van der Waals surface area contributed by atoms with Crippen molar-refractivity contribution in [2.45, 2.75) is 5.41 Å². The van der Waals surface area contributed by atoms with E-state index in [4.69, 9.17) is 4.74 Å². The number of hydrogen-bond donors (Lipinski definition) is 3. The number of hydrogen-bond acceptors (Lipinski definition) is 4. The smallest absolute Gasteiger partial charge is 0.328 e. The fourth-order valence-corrected chi connectivity index (χ4v) is 4.97. The molecule has 1 spiro atoms. The minimum Gasteiger partial charge on any atom is -0.440 e. The molecule has 6 rings (SSSR count). The maximum atomic E-state index is 13.7. The molecule has 3 aromatic carbocycles. The van der Waals surface area contributed by atoms with Gasteiger partial charge in [0.25, 0.3) is 5.56 Å². The van der Waals surface area contributed by atoms with Crippen LogP contribution in [0.25, 0.3) is 10.8 Å². The van der Waals surface area contributed by atoms with Crippen LogP contribution in [-0.2, 0) is 10.2 Å². The van der Waals surface area contributed by atoms with Gasteiger partial charge >= 0.3 is 5.69 Å². The highest BCUT2D eigenvalue weighted by atomic mass is 79.9. The largest absolute Gasteiger partial charge is 0.440 e. The van der Waals surface area contributed by atoms with Crippen molar-refractivity contribution in [3.8, 4) is 11.6 Å². The van der Waals surface area contributed by atoms with Crippen LogP contribution in [0.5, 0.6) is 11.6 Å². The van der Waals surface area contributed by atoms with E-state index in [1.54, 1.807) is 12.1 Å². The lowest BCUT2D eigenvalue weighted by Gasteiger charge is -2.35. The Labute approximate surface area is 176 Å². The highest BCUT2D eigenvalue weighted by Crippen LogP contribution is 2.56. The van der Waals surface area contributed by atoms with Gasteiger partial charge in [0.2, 0.25) is 11.8 Å². The molecule has 8 heteroatoms. The van der Waals surface area contributed by atoms with Gasteiger partial charge in [-0.25, -0.2) is 4.79 Å². The molecule has 1 unspecified atom stereocenters. The van der Waals surface area contributed by atoms with Gasteiger partial charge in [0.1, 0.15) is 16.7 Å². The molecule has 3 N–H and O–H groups in total. The maximum Gasteiger partial charge on any atom is 0.328 e. The fraction of sp³-hybridized carbons (Fsp3) is 0.0455. The molecule has 0 saturated heterocycles. The fourth-order valence-electron chi connectivity index (χ4n) is 4.61. The normalized spacial score (nSPS) is 18.5. The van der Waals surface area contributed by atoms with E-state index in [9.17, 15) is 14.4 Å². The van der Waals surface area contributed by atoms with Gasteiger partial charge in [0.05, 0.1) is 0 Å². The molecular weight excluding hydrogens is 450 g/mol. The first-order valence-corrected chi connectivity index (χ1v) is 9.98. The van der Waals surface area contributed by atoms with Gasteiger partial charge in [-0.1, -0.05) is 46.3 Å². The monoisotopic (exact) mass is 461 g/mol. The standard InChI is InChI=1S/C22H12BrN3O4/c23-11-6-7-14-13(9-11)22(20(28)24-14)16-12-4-2-1-3-10(12)5-8-15(16)30-19-17(22)18(27)25-21(29)26-19/h1-9H,(H,24,28)(H2,25,26,27,29). The minimum atomic E-state index is -1.49. The third-order valence-electron chi connectivity index (χ3n) is 5.74. The Morgan fingerprint density at radius 1 is 0.900 bits per heavy atom. The van der Waals surface area contributed by atoms with Crippen molar-refractivity contribution in [2.24, 2.45) is 0 Å². The number of carbonyl (C=O) groups is 1. The summed E-state index contributed by atoms with van der Waals surface area (Å²) in [5, 5.41) is 4.60. The number of anilines is 1. The lowest BCUT2D eigenvalue weighted by molar-refractivity contribution is -0.118. The average molecular weight is 462 g/mol. The molecule has 0 radical (unpaired) electrons. The van der Waals surface area contributed by atoms with E-state index in [1.165, 1.54) is 0 Å². The van der Waals surface area contributed by atoms with Crippen LogP contribution in [0.15, 0.2) is 68.7 Å². The van der Waals surface area contributed by atoms with E-state index >= 15 is 0 Å². The van der Waals surface area contributed by atoms with Crippen LogP contribution >= 0.6 is 15.9 Å². The zero-order valence-electron chi connectivity index (χ0n) is 15.2. The van der Waals surface area contributed by atoms with Gasteiger partial charge < -0.3 is 10.1 Å². The number of benzene rings is 3. The summed E-state index contributed by atoms with van der Waals surface area (Å²) in [5.41, 5.74) is -1.02. The van der Waals surface area contributed by atoms with Gasteiger partial charge in [0.15, 0.2) is 0 Å². The van der Waals surface area contributed by atoms with Crippen molar-refractivity contribution < 1.29 is 9.53 Å². The molecular formula is C22H12BrN3O4. The summed E-state index contributed by atoms with van der Waals surface area (Å²) in [6.07, 6.45) is 0. The summed E-state index contributed by atoms with van der Waals surface area (Å²) in [6.45, 7) is 0. The average Bonchev–Trinajstić information content (AvgIpc) is 2.99. The van der Waals surface area contributed by atoms with E-state index in [0.717, 1.165) is 15.2 Å². The second-order valence-electron chi connectivity index (χ2n) is 7.27. The Hall–Kier alpha value is -3.65. The molecule has 3 heterocycles. The number of rotatable bonds is 0. The number of fused-ring (bicyclic) bond motifs is 8. The van der Waals surface area contributed by atoms with Crippen LogP contribution in [0.2, 0.25) is 0 Å². The molecule has 2 aliphatic heterocycles. The van der Waals surface area contributed by atoms with E-state index < -0.39 is 16.7 Å². The highest BCUT2D eigenvalue weighted by molar-refractivity contribution is 9.10. The van der Waals surface area contributed by atoms with E-state index in [0.29, 0.717) is 22.6 Å². The highest BCUT2D eigenvalue weighted by Gasteiger charge is 2.57. The molecule has 0 saturated carbocycles. The van der Waals surface area contributed by atoms with Crippen molar-refractivity contribution in [1.29, 1.82) is 0 Å². The van der Waals surface area contributed by atoms with Gasteiger partial charge in [-0.05, 0) is 35.0 Å². The van der Waals surface area contributed by atoms with Gasteiger partial charge in [-0.15, -0.1) is 0 Å². The van der Waals surface area contributed by atoms with Gasteiger partial charge in [0, 0.05) is 21.3 Å². The Bertz CT molecular complexity index is 1540. The van der Waals surface area contributed by atoms with Gasteiger partial charge in [-0.3, -0.25) is 19.6 Å². The van der Waals surface area contributed by atoms with E-state index in [-0.39, 0.29) is 17.4 Å². The number of H-pyrrole nitrogens is 2. The Morgan fingerprint density at radius 3 is 2.60 bits per heavy atom. The quantitative estimate of drug-likeness (QED) is 0.373. The van der Waals surface area contributed by atoms with Crippen molar-refractivity contribution in [3.63, 3.8) is 0 Å². The van der Waals surface area contributed by atoms with Crippen LogP contribution in [-0.4, -0.2) is 15.9 Å². The van der Waals surface area contributed by atoms with Crippen LogP contribution < -0.4 is 21.3 Å². The number of carbonyl (C=O) groups excluding carboxylic acids is 1. The second kappa shape index (κ2) is 5.70. The molecule has 30 heavy (non-hydrogen) atoms. The third-order valence-corrected chi connectivity index (χ3v) is 6.23. The number of aromatic amines is 2. The number of ether oxygens (including phenoxy) is 1. The van der Waals surface area contributed by atoms with Gasteiger partial charge in [-0.2, -0.15) is 0 Å². The summed E-state index contributed by atoms with van der Waals surface area (Å²) in [7, 11) is 0. The van der Waals surface area contributed by atoms with Crippen LogP contribution in [0, 0.1) is 0 Å². The number of nitrogens with one attached hydrogen (secondary N) is 3. The summed E-state index contributed by atoms with van der Waals surface area (Å²) >= 11 is 3.48. The topological polar surface area (TPSA) is 104 Å². The summed E-state index contributed by atoms with van der Waals surface area (Å²) in [4.78, 5) is 43.6. The SMILES string of the molecule is O=C1Nc2ccc(Br)cc2C12c1c([nH]c(=O)[nH]c1=O)Oc1ccc3ccccc3c12. The molecule has 2 aliphatic rings. The molecule has 7 nitrogen and oxygen atoms in total. The summed E-state index contributed by atoms with van der Waals surface area (Å²) < 4.78 is 6.72. The maximum absolute atomic E-state index is 13.7. The first-order chi connectivity index (χ1) is 14.5. The lowest BCUT2D eigenvalue weighted by Crippen LogP contribution is -2.46. The number of amides is 1. The Kier molecular flexibility index (Phi) is 3.27. The van der Waals surface area contributed by atoms with Crippen molar-refractivity contribution >= 4 is 38.3 Å². The Morgan fingerprint density at radius 2 is 1.73 bits per heavy atom. The summed E-state index contributed by atoms with van der Waals surface area (Å²) in [6, 6.07) is 16.7. The molecule has 0 bridgehead atoms. The molecule has 1 amide bonds. The molecule has 0 aliphatic carbocycles. The first-order valence-electron chi connectivity index (χ1n) is 9.19. The molecule has 4 aromatic rings. The third kappa shape index (κ3) is 2.01. The zero-order chi connectivity index (χ0) is 20.6. The number of halogens is 1. The second-order valence-corrected chi connectivity index (χ2v) is 8.18. The molecule has 1 aromatic heterocycles. The first kappa shape index (κ1) is 17.2. The lowest BCUT2D eigenvalue weighted by atomic mass is 9.68. The molecule has 1 atom stereocenters. The predicted molar refractivity (Wildman–Crippen MR) is 114 cm³/mol. The van der Waals surface area contributed by atoms with Crippen LogP contribution in [0.1, 0.15) is 16.7 Å². The molecule has 146 valence electrons. The van der Waals surface area contributed by atoms with Crippen LogP contribution in [0.4, 0.5) is 5.69 Å². The van der Waals surface area contributed by atoms with Crippen molar-refractivity contribution in [1.82, 2.24) is 9.97 Å². The van der Waals surface area contributed by atoms with Crippen molar-refractivity contribution in [3.05, 3.63) is 96.6 Å². The Balaban J connectivity index is 1.89. The van der Waals surface area contributed by atoms with Crippen LogP contribution in [0.3, 0.4) is 0 Å². The van der Waals surface area contributed by atoms with E-state index in [2.05, 4.69) is 31.2 Å².